The van der Waals surface area contributed by atoms with Crippen LogP contribution in [0, 0.1) is 6.92 Å². The number of hydrogen-bond acceptors (Lipinski definition) is 5. The van der Waals surface area contributed by atoms with Gasteiger partial charge in [0.05, 0.1) is 19.4 Å². The Balaban J connectivity index is 2.28. The summed E-state index contributed by atoms with van der Waals surface area (Å²) in [7, 11) is 3.19. The van der Waals surface area contributed by atoms with Crippen LogP contribution in [0.3, 0.4) is 0 Å². The second-order valence-corrected chi connectivity index (χ2v) is 5.03. The lowest BCUT2D eigenvalue weighted by Gasteiger charge is -2.12. The lowest BCUT2D eigenvalue weighted by molar-refractivity contribution is 0.0905. The second kappa shape index (κ2) is 7.09. The standard InChI is InChI=1S/C16H20N2O4/c1-10(9-20-3)17-16(19)14-11(2)18-22-15(14)12-5-7-13(21-4)8-6-12/h5-8,10H,9H2,1-4H3,(H,17,19). The third-order valence-corrected chi connectivity index (χ3v) is 3.24. The molecule has 1 amide bonds. The fraction of sp³-hybridized carbons (Fsp3) is 0.375. The highest BCUT2D eigenvalue weighted by molar-refractivity contribution is 6.00. The first-order chi connectivity index (χ1) is 10.6. The van der Waals surface area contributed by atoms with Crippen molar-refractivity contribution >= 4 is 5.91 Å². The summed E-state index contributed by atoms with van der Waals surface area (Å²) in [6, 6.07) is 7.17. The molecule has 1 aromatic heterocycles. The van der Waals surface area contributed by atoms with E-state index in [0.717, 1.165) is 11.3 Å². The summed E-state index contributed by atoms with van der Waals surface area (Å²) in [5, 5.41) is 6.78. The molecule has 1 heterocycles. The number of benzene rings is 1. The average Bonchev–Trinajstić information content (AvgIpc) is 2.89. The van der Waals surface area contributed by atoms with Crippen LogP contribution in [0.2, 0.25) is 0 Å². The van der Waals surface area contributed by atoms with E-state index in [-0.39, 0.29) is 11.9 Å². The molecule has 0 saturated carbocycles. The Morgan fingerprint density at radius 2 is 2.00 bits per heavy atom. The Labute approximate surface area is 129 Å². The van der Waals surface area contributed by atoms with Crippen molar-refractivity contribution in [2.24, 2.45) is 0 Å². The van der Waals surface area contributed by atoms with Crippen molar-refractivity contribution in [3.05, 3.63) is 35.5 Å². The molecule has 1 aromatic carbocycles. The van der Waals surface area contributed by atoms with Gasteiger partial charge < -0.3 is 19.3 Å². The third-order valence-electron chi connectivity index (χ3n) is 3.24. The van der Waals surface area contributed by atoms with Crippen molar-refractivity contribution in [2.45, 2.75) is 19.9 Å². The monoisotopic (exact) mass is 304 g/mol. The third kappa shape index (κ3) is 3.46. The lowest BCUT2D eigenvalue weighted by Crippen LogP contribution is -2.36. The minimum atomic E-state index is -0.228. The molecule has 0 bridgehead atoms. The van der Waals surface area contributed by atoms with Gasteiger partial charge in [0.15, 0.2) is 5.76 Å². The smallest absolute Gasteiger partial charge is 0.257 e. The van der Waals surface area contributed by atoms with Gasteiger partial charge in [-0.1, -0.05) is 5.16 Å². The van der Waals surface area contributed by atoms with Crippen LogP contribution < -0.4 is 10.1 Å². The summed E-state index contributed by atoms with van der Waals surface area (Å²) in [5.74, 6) is 0.955. The van der Waals surface area contributed by atoms with Gasteiger partial charge in [0.2, 0.25) is 0 Å². The number of nitrogens with one attached hydrogen (secondary N) is 1. The van der Waals surface area contributed by atoms with Crippen LogP contribution in [0.4, 0.5) is 0 Å². The molecular weight excluding hydrogens is 284 g/mol. The number of aromatic nitrogens is 1. The van der Waals surface area contributed by atoms with Gasteiger partial charge in [-0.05, 0) is 38.1 Å². The average molecular weight is 304 g/mol. The molecule has 0 fully saturated rings. The molecule has 1 N–H and O–H groups in total. The molecule has 0 aliphatic heterocycles. The normalized spacial score (nSPS) is 12.0. The number of carbonyl (C=O) groups is 1. The second-order valence-electron chi connectivity index (χ2n) is 5.03. The summed E-state index contributed by atoms with van der Waals surface area (Å²) < 4.78 is 15.5. The summed E-state index contributed by atoms with van der Waals surface area (Å²) in [6.07, 6.45) is 0. The summed E-state index contributed by atoms with van der Waals surface area (Å²) in [6.45, 7) is 4.05. The number of hydrogen-bond donors (Lipinski definition) is 1. The minimum Gasteiger partial charge on any atom is -0.497 e. The van der Waals surface area contributed by atoms with Crippen LogP contribution >= 0.6 is 0 Å². The zero-order chi connectivity index (χ0) is 16.1. The molecule has 6 nitrogen and oxygen atoms in total. The van der Waals surface area contributed by atoms with Crippen molar-refractivity contribution in [1.82, 2.24) is 10.5 Å². The Kier molecular flexibility index (Phi) is 5.16. The van der Waals surface area contributed by atoms with Gasteiger partial charge >= 0.3 is 0 Å². The van der Waals surface area contributed by atoms with E-state index in [0.29, 0.717) is 23.6 Å². The van der Waals surface area contributed by atoms with Crippen LogP contribution in [0.15, 0.2) is 28.8 Å². The molecule has 0 aliphatic carbocycles. The van der Waals surface area contributed by atoms with Crippen LogP contribution in [0.1, 0.15) is 23.0 Å². The highest BCUT2D eigenvalue weighted by Crippen LogP contribution is 2.27. The number of amides is 1. The van der Waals surface area contributed by atoms with Crippen molar-refractivity contribution in [3.8, 4) is 17.1 Å². The zero-order valence-electron chi connectivity index (χ0n) is 13.2. The molecule has 2 rings (SSSR count). The first-order valence-corrected chi connectivity index (χ1v) is 6.97. The van der Waals surface area contributed by atoms with Gasteiger partial charge in [-0.25, -0.2) is 0 Å². The fourth-order valence-electron chi connectivity index (χ4n) is 2.16. The largest absolute Gasteiger partial charge is 0.497 e. The van der Waals surface area contributed by atoms with E-state index in [1.807, 2.05) is 31.2 Å². The quantitative estimate of drug-likeness (QED) is 0.887. The molecule has 1 unspecified atom stereocenters. The number of rotatable bonds is 6. The minimum absolute atomic E-state index is 0.101. The Morgan fingerprint density at radius 1 is 1.32 bits per heavy atom. The molecule has 0 radical (unpaired) electrons. The van der Waals surface area contributed by atoms with E-state index in [1.165, 1.54) is 0 Å². The summed E-state index contributed by atoms with van der Waals surface area (Å²) >= 11 is 0. The van der Waals surface area contributed by atoms with Crippen molar-refractivity contribution in [2.75, 3.05) is 20.8 Å². The van der Waals surface area contributed by atoms with Gasteiger partial charge in [0.1, 0.15) is 11.3 Å². The van der Waals surface area contributed by atoms with Gasteiger partial charge in [-0.3, -0.25) is 4.79 Å². The Bertz CT molecular complexity index is 634. The molecule has 2 aromatic rings. The van der Waals surface area contributed by atoms with E-state index in [9.17, 15) is 4.79 Å². The fourth-order valence-corrected chi connectivity index (χ4v) is 2.16. The highest BCUT2D eigenvalue weighted by atomic mass is 16.5. The molecule has 118 valence electrons. The van der Waals surface area contributed by atoms with Gasteiger partial charge in [-0.15, -0.1) is 0 Å². The zero-order valence-corrected chi connectivity index (χ0v) is 13.2. The number of aryl methyl sites for hydroxylation is 1. The van der Waals surface area contributed by atoms with Gasteiger partial charge in [0, 0.05) is 18.7 Å². The topological polar surface area (TPSA) is 73.6 Å². The highest BCUT2D eigenvalue weighted by Gasteiger charge is 2.22. The summed E-state index contributed by atoms with van der Waals surface area (Å²) in [5.41, 5.74) is 1.76. The van der Waals surface area contributed by atoms with Crippen LogP contribution in [0.25, 0.3) is 11.3 Å². The summed E-state index contributed by atoms with van der Waals surface area (Å²) in [4.78, 5) is 12.4. The number of ether oxygens (including phenoxy) is 2. The maximum Gasteiger partial charge on any atom is 0.257 e. The Morgan fingerprint density at radius 3 is 2.59 bits per heavy atom. The molecule has 1 atom stereocenters. The van der Waals surface area contributed by atoms with Crippen LogP contribution in [-0.4, -0.2) is 37.9 Å². The number of nitrogens with zero attached hydrogens (tertiary/aromatic N) is 1. The predicted molar refractivity (Wildman–Crippen MR) is 82.0 cm³/mol. The van der Waals surface area contributed by atoms with E-state index >= 15 is 0 Å². The van der Waals surface area contributed by atoms with Gasteiger partial charge in [0.25, 0.3) is 5.91 Å². The molecule has 6 heteroatoms. The maximum atomic E-state index is 12.4. The molecule has 0 saturated heterocycles. The van der Waals surface area contributed by atoms with E-state index in [1.54, 1.807) is 21.1 Å². The molecule has 0 spiro atoms. The first kappa shape index (κ1) is 16.0. The maximum absolute atomic E-state index is 12.4. The van der Waals surface area contributed by atoms with E-state index in [2.05, 4.69) is 10.5 Å². The number of carbonyl (C=O) groups excluding carboxylic acids is 1. The van der Waals surface area contributed by atoms with Crippen LogP contribution in [0.5, 0.6) is 5.75 Å². The number of methoxy groups -OCH3 is 2. The Hall–Kier alpha value is -2.34. The van der Waals surface area contributed by atoms with Crippen molar-refractivity contribution in [1.29, 1.82) is 0 Å². The van der Waals surface area contributed by atoms with Crippen molar-refractivity contribution < 1.29 is 18.8 Å². The molecule has 0 aliphatic rings. The predicted octanol–water partition coefficient (Wildman–Crippen LogP) is 2.42. The molecular formula is C16H20N2O4. The lowest BCUT2D eigenvalue weighted by atomic mass is 10.1. The first-order valence-electron chi connectivity index (χ1n) is 6.97. The van der Waals surface area contributed by atoms with Gasteiger partial charge in [-0.2, -0.15) is 0 Å². The van der Waals surface area contributed by atoms with Crippen LogP contribution in [-0.2, 0) is 4.74 Å². The SMILES string of the molecule is COCC(C)NC(=O)c1c(C)noc1-c1ccc(OC)cc1. The molecule has 22 heavy (non-hydrogen) atoms. The van der Waals surface area contributed by atoms with E-state index < -0.39 is 0 Å². The van der Waals surface area contributed by atoms with E-state index in [4.69, 9.17) is 14.0 Å². The van der Waals surface area contributed by atoms with Crippen molar-refractivity contribution in [3.63, 3.8) is 0 Å².